The standard InChI is InChI=1S/C39H43ClN2O6.C38H42N2O6.CH4.2H2/c1-41-15-13-25-20-33(44-4)35-21-28(25)30(41)17-23-7-10-26(11-8-23)47-34-19-24(9-12-32(34)43-3)18-31-36-27(14-16-42(31)2)29(22-40)37(45-5)39(46-6)38(36)48-35;1-39-15-13-25-20-32(42-4)34-22-28(25)29(39)17-23-7-10-27(11-8-23)45-33-19-24(9-12-31(33)41-3)18-30-36-26(14-16-40(30)2)21-35(43-5)37(44-6)38(36)46-34;;;/h7-12,19-21,30-31H,13-18,22H2,1-6H3;7-12,19-22,29-30H,13-18H2,1-6H3;1H4;2*1H/t30-,31-;29-,30-;;;/m00.../s1/i;;;1+2T;1+1. The average Bonchev–Trinajstić information content (AvgIpc) is 0.749. The number of nitrogens with zero attached hydrogens (tertiary/aromatic N) is 4. The third-order valence-corrected chi connectivity index (χ3v) is 20.4. The third-order valence-electron chi connectivity index (χ3n) is 20.1. The summed E-state index contributed by atoms with van der Waals surface area (Å²) in [5, 5.41) is 0. The van der Waals surface area contributed by atoms with Crippen molar-refractivity contribution in [3.05, 3.63) is 188 Å². The second-order valence-corrected chi connectivity index (χ2v) is 25.6. The normalized spacial score (nSPS) is 18.9. The molecule has 8 aromatic carbocycles. The Kier molecular flexibility index (Phi) is 19.5. The number of benzene rings is 8. The fraction of sp³-hybridized carbons (Fsp3) is 0.385. The van der Waals surface area contributed by atoms with Gasteiger partial charge in [0.15, 0.2) is 69.0 Å². The molecular weight excluding hydrogens is 1220 g/mol. The van der Waals surface area contributed by atoms with Gasteiger partial charge in [-0.15, -0.1) is 11.6 Å². The highest BCUT2D eigenvalue weighted by molar-refractivity contribution is 6.17. The molecule has 0 saturated carbocycles. The summed E-state index contributed by atoms with van der Waals surface area (Å²) >= 11 is 6.69. The first-order chi connectivity index (χ1) is 46.8. The van der Waals surface area contributed by atoms with Gasteiger partial charge in [0, 0.05) is 71.4 Å². The summed E-state index contributed by atoms with van der Waals surface area (Å²) in [6.45, 7) is 3.65. The van der Waals surface area contributed by atoms with Gasteiger partial charge in [-0.1, -0.05) is 43.8 Å². The predicted octanol–water partition coefficient (Wildman–Crippen LogP) is 16.2. The first kappa shape index (κ1) is 65.2. The molecule has 0 aliphatic carbocycles. The monoisotopic (exact) mass is 1320 g/mol. The molecule has 16 nitrogen and oxygen atoms in total. The van der Waals surface area contributed by atoms with E-state index >= 15 is 0 Å². The van der Waals surface area contributed by atoms with Crippen LogP contribution in [-0.4, -0.2) is 131 Å². The number of methoxy groups -OCH3 is 8. The summed E-state index contributed by atoms with van der Waals surface area (Å²) in [4.78, 5) is 9.61. The molecule has 0 fully saturated rings. The predicted molar refractivity (Wildman–Crippen MR) is 376 cm³/mol. The van der Waals surface area contributed by atoms with E-state index in [0.29, 0.717) is 86.9 Å². The van der Waals surface area contributed by atoms with Gasteiger partial charge in [0.1, 0.15) is 11.5 Å². The van der Waals surface area contributed by atoms with Crippen LogP contribution in [0.3, 0.4) is 0 Å². The zero-order valence-corrected chi connectivity index (χ0v) is 56.8. The Hall–Kier alpha value is -8.51. The van der Waals surface area contributed by atoms with Crippen LogP contribution in [-0.2, 0) is 57.2 Å². The Labute approximate surface area is 569 Å². The highest BCUT2D eigenvalue weighted by Crippen LogP contribution is 2.56. The van der Waals surface area contributed by atoms with Crippen LogP contribution in [0.15, 0.2) is 115 Å². The van der Waals surface area contributed by atoms with Crippen molar-refractivity contribution in [2.45, 2.75) is 88.8 Å². The molecule has 0 aromatic heterocycles. The Morgan fingerprint density at radius 3 is 1.22 bits per heavy atom. The number of alkyl halides is 1. The lowest BCUT2D eigenvalue weighted by Gasteiger charge is -2.38. The van der Waals surface area contributed by atoms with Crippen molar-refractivity contribution in [1.82, 2.24) is 19.6 Å². The van der Waals surface area contributed by atoms with Crippen molar-refractivity contribution in [3.8, 4) is 92.0 Å². The molecule has 16 rings (SSSR count). The van der Waals surface area contributed by atoms with E-state index in [4.69, 9.17) is 71.4 Å². The summed E-state index contributed by atoms with van der Waals surface area (Å²) < 4.78 is 84.5. The number of fused-ring (bicyclic) bond motifs is 4. The maximum absolute atomic E-state index is 7.09. The highest BCUT2D eigenvalue weighted by atomic mass is 35.5. The van der Waals surface area contributed by atoms with E-state index in [1.165, 1.54) is 38.9 Å². The SMILES string of the molecule is C.COc1ccc2cc1Oc1ccc(cc1)C[C@H]1c3cc(c(OC)cc3CCN1C)Oc1c(OC)c(OC)c(CCl)c3c1[C@H](C2)N(C)CC3.COc1ccc2cc1Oc1ccc(cc1)C[C@H]1c3cc(c(OC)cc3CCN1C)Oc1c(OC)c(OC)cc3c1[C@H](C2)N(C)CC3.[2HH].[3H][3H]. The molecule has 504 valence electrons. The fourth-order valence-electron chi connectivity index (χ4n) is 14.9. The molecule has 95 heavy (non-hydrogen) atoms. The van der Waals surface area contributed by atoms with Crippen LogP contribution < -0.4 is 56.8 Å². The molecule has 0 spiro atoms. The van der Waals surface area contributed by atoms with Gasteiger partial charge in [-0.05, 0) is 214 Å². The van der Waals surface area contributed by atoms with Crippen LogP contribution in [0, 0.1) is 0 Å². The van der Waals surface area contributed by atoms with Crippen molar-refractivity contribution >= 4 is 11.6 Å². The lowest BCUT2D eigenvalue weighted by molar-refractivity contribution is 0.219. The number of hydrogen-bond donors (Lipinski definition) is 0. The molecule has 17 heteroatoms. The van der Waals surface area contributed by atoms with Gasteiger partial charge in [0.05, 0.1) is 62.8 Å². The van der Waals surface area contributed by atoms with Crippen molar-refractivity contribution in [3.63, 3.8) is 0 Å². The molecule has 0 N–H and O–H groups in total. The fourth-order valence-corrected chi connectivity index (χ4v) is 15.2. The Bertz CT molecular complexity index is 4130. The molecule has 0 saturated heterocycles. The number of halogens is 1. The topological polar surface area (TPSA) is 124 Å². The molecule has 12 bridgehead atoms. The van der Waals surface area contributed by atoms with Gasteiger partial charge < -0.3 is 56.8 Å². The van der Waals surface area contributed by atoms with Crippen LogP contribution in [0.2, 0.25) is 0 Å². The van der Waals surface area contributed by atoms with Crippen molar-refractivity contribution in [2.75, 3.05) is 111 Å². The van der Waals surface area contributed by atoms with E-state index in [0.717, 1.165) is 116 Å². The molecule has 8 aliphatic heterocycles. The Morgan fingerprint density at radius 2 is 0.779 bits per heavy atom. The summed E-state index contributed by atoms with van der Waals surface area (Å²) in [6.07, 6.45) is 6.61. The van der Waals surface area contributed by atoms with Crippen molar-refractivity contribution in [1.29, 1.82) is 0 Å². The maximum atomic E-state index is 7.09. The number of rotatable bonds is 9. The first-order valence-corrected chi connectivity index (χ1v) is 32.9. The van der Waals surface area contributed by atoms with Crippen LogP contribution >= 0.6 is 11.6 Å². The molecule has 0 radical (unpaired) electrons. The number of ether oxygens (including phenoxy) is 12. The van der Waals surface area contributed by atoms with Crippen LogP contribution in [0.25, 0.3) is 0 Å². The van der Waals surface area contributed by atoms with Gasteiger partial charge in [0.25, 0.3) is 0 Å². The molecule has 8 aromatic rings. The third kappa shape index (κ3) is 12.8. The highest BCUT2D eigenvalue weighted by Gasteiger charge is 2.39. The smallest absolute Gasteiger partial charge is 0.204 e. The zero-order valence-electron chi connectivity index (χ0n) is 58.0. The van der Waals surface area contributed by atoms with Gasteiger partial charge in [0.2, 0.25) is 11.5 Å². The molecule has 8 heterocycles. The molecular formula is C78H93ClN4O12. The van der Waals surface area contributed by atoms with Crippen molar-refractivity contribution < 1.29 is 61.2 Å². The summed E-state index contributed by atoms with van der Waals surface area (Å²) in [5.74, 6) is 10.9. The van der Waals surface area contributed by atoms with E-state index < -0.39 is 0 Å². The van der Waals surface area contributed by atoms with Gasteiger partial charge in [-0.3, -0.25) is 19.6 Å². The Morgan fingerprint density at radius 1 is 0.400 bits per heavy atom. The number of hydrogen-bond acceptors (Lipinski definition) is 16. The van der Waals surface area contributed by atoms with Crippen LogP contribution in [0.5, 0.6) is 92.0 Å². The second kappa shape index (κ2) is 28.4. The first-order valence-electron chi connectivity index (χ1n) is 33.4. The summed E-state index contributed by atoms with van der Waals surface area (Å²) in [6, 6.07) is 40.1. The van der Waals surface area contributed by atoms with E-state index in [1.54, 1.807) is 56.9 Å². The van der Waals surface area contributed by atoms with E-state index in [9.17, 15) is 0 Å². The van der Waals surface area contributed by atoms with Crippen LogP contribution in [0.1, 0.15) is 108 Å². The quantitative estimate of drug-likeness (QED) is 0.127. The Balaban J connectivity index is 0.000000203. The van der Waals surface area contributed by atoms with Crippen LogP contribution in [0.4, 0.5) is 0 Å². The molecule has 0 amide bonds. The molecule has 8 aliphatic rings. The zero-order chi connectivity index (χ0) is 67.5. The van der Waals surface area contributed by atoms with Gasteiger partial charge in [-0.25, -0.2) is 0 Å². The van der Waals surface area contributed by atoms with E-state index in [1.807, 2.05) is 36.4 Å². The summed E-state index contributed by atoms with van der Waals surface area (Å²) in [7, 11) is 22.1. The van der Waals surface area contributed by atoms with E-state index in [2.05, 4.69) is 127 Å². The van der Waals surface area contributed by atoms with Gasteiger partial charge >= 0.3 is 0 Å². The minimum atomic E-state index is -0.0626. The summed E-state index contributed by atoms with van der Waals surface area (Å²) in [5.41, 5.74) is 15.1. The van der Waals surface area contributed by atoms with Gasteiger partial charge in [-0.2, -0.15) is 0 Å². The minimum absolute atomic E-state index is 0. The van der Waals surface area contributed by atoms with E-state index in [-0.39, 0.29) is 38.9 Å². The molecule has 0 unspecified atom stereocenters. The lowest BCUT2D eigenvalue weighted by Crippen LogP contribution is -2.34. The minimum Gasteiger partial charge on any atom is -0.493 e. The maximum Gasteiger partial charge on any atom is 0.204 e. The van der Waals surface area contributed by atoms with Crippen molar-refractivity contribution in [2.24, 2.45) is 0 Å². The molecule has 4 atom stereocenters. The lowest BCUT2D eigenvalue weighted by atomic mass is 9.84. The second-order valence-electron chi connectivity index (χ2n) is 25.3. The average molecular weight is 1320 g/mol. The number of likely N-dealkylation sites (N-methyl/N-ethyl adjacent to an activating group) is 4. The largest absolute Gasteiger partial charge is 0.493 e.